The predicted molar refractivity (Wildman–Crippen MR) is 68.1 cm³/mol. The molecule has 90 valence electrons. The SMILES string of the molecule is CC(C)CNCC1(C(C)C)CCCCC1. The summed E-state index contributed by atoms with van der Waals surface area (Å²) in [6, 6.07) is 0. The van der Waals surface area contributed by atoms with E-state index in [2.05, 4.69) is 33.0 Å². The lowest BCUT2D eigenvalue weighted by Crippen LogP contribution is -2.41. The monoisotopic (exact) mass is 211 g/mol. The lowest BCUT2D eigenvalue weighted by molar-refractivity contribution is 0.114. The minimum absolute atomic E-state index is 0.604. The molecule has 0 saturated heterocycles. The van der Waals surface area contributed by atoms with Crippen LogP contribution >= 0.6 is 0 Å². The van der Waals surface area contributed by atoms with Crippen molar-refractivity contribution in [1.82, 2.24) is 5.32 Å². The standard InChI is InChI=1S/C14H29N/c1-12(2)10-15-11-14(13(3)4)8-6-5-7-9-14/h12-13,15H,5-11H2,1-4H3. The Hall–Kier alpha value is -0.0400. The molecule has 0 aromatic rings. The Labute approximate surface area is 96.0 Å². The number of rotatable bonds is 5. The molecule has 0 bridgehead atoms. The highest BCUT2D eigenvalue weighted by atomic mass is 14.9. The van der Waals surface area contributed by atoms with E-state index in [1.807, 2.05) is 0 Å². The lowest BCUT2D eigenvalue weighted by atomic mass is 9.67. The Morgan fingerprint density at radius 3 is 2.07 bits per heavy atom. The topological polar surface area (TPSA) is 12.0 Å². The first-order chi connectivity index (χ1) is 7.07. The maximum absolute atomic E-state index is 3.68. The predicted octanol–water partition coefficient (Wildman–Crippen LogP) is 3.84. The largest absolute Gasteiger partial charge is 0.316 e. The molecule has 0 amide bonds. The van der Waals surface area contributed by atoms with Gasteiger partial charge >= 0.3 is 0 Å². The Bertz CT molecular complexity index is 166. The molecule has 1 fully saturated rings. The van der Waals surface area contributed by atoms with E-state index < -0.39 is 0 Å². The second-order valence-electron chi connectivity index (χ2n) is 6.10. The van der Waals surface area contributed by atoms with Crippen LogP contribution in [-0.2, 0) is 0 Å². The summed E-state index contributed by atoms with van der Waals surface area (Å²) in [5.74, 6) is 1.61. The zero-order valence-electron chi connectivity index (χ0n) is 11.1. The average Bonchev–Trinajstić information content (AvgIpc) is 2.18. The van der Waals surface area contributed by atoms with Gasteiger partial charge < -0.3 is 5.32 Å². The van der Waals surface area contributed by atoms with Crippen molar-refractivity contribution in [2.24, 2.45) is 17.3 Å². The van der Waals surface area contributed by atoms with Crippen LogP contribution in [0.15, 0.2) is 0 Å². The quantitative estimate of drug-likeness (QED) is 0.728. The van der Waals surface area contributed by atoms with Gasteiger partial charge in [-0.2, -0.15) is 0 Å². The second-order valence-corrected chi connectivity index (χ2v) is 6.10. The normalized spacial score (nSPS) is 21.2. The second kappa shape index (κ2) is 5.89. The third kappa shape index (κ3) is 3.79. The highest BCUT2D eigenvalue weighted by Gasteiger charge is 2.34. The molecule has 0 radical (unpaired) electrons. The van der Waals surface area contributed by atoms with Crippen molar-refractivity contribution in [2.75, 3.05) is 13.1 Å². The molecular formula is C14H29N. The van der Waals surface area contributed by atoms with Crippen LogP contribution in [0.1, 0.15) is 59.8 Å². The Kier molecular flexibility index (Phi) is 5.11. The van der Waals surface area contributed by atoms with Gasteiger partial charge in [0.2, 0.25) is 0 Å². The third-order valence-corrected chi connectivity index (χ3v) is 4.10. The molecule has 1 N–H and O–H groups in total. The van der Waals surface area contributed by atoms with E-state index in [4.69, 9.17) is 0 Å². The maximum atomic E-state index is 3.68. The van der Waals surface area contributed by atoms with E-state index in [1.54, 1.807) is 0 Å². The van der Waals surface area contributed by atoms with Crippen molar-refractivity contribution in [2.45, 2.75) is 59.8 Å². The highest BCUT2D eigenvalue weighted by Crippen LogP contribution is 2.41. The van der Waals surface area contributed by atoms with Crippen molar-refractivity contribution >= 4 is 0 Å². The molecule has 1 rings (SSSR count). The zero-order chi connectivity index (χ0) is 11.3. The molecule has 1 aliphatic rings. The molecular weight excluding hydrogens is 182 g/mol. The highest BCUT2D eigenvalue weighted by molar-refractivity contribution is 4.87. The first kappa shape index (κ1) is 13.0. The van der Waals surface area contributed by atoms with Crippen molar-refractivity contribution < 1.29 is 0 Å². The smallest absolute Gasteiger partial charge is 0.00104 e. The van der Waals surface area contributed by atoms with Gasteiger partial charge in [-0.15, -0.1) is 0 Å². The summed E-state index contributed by atoms with van der Waals surface area (Å²) in [7, 11) is 0. The summed E-state index contributed by atoms with van der Waals surface area (Å²) in [5, 5.41) is 3.68. The summed E-state index contributed by atoms with van der Waals surface area (Å²) in [4.78, 5) is 0. The Morgan fingerprint density at radius 1 is 1.00 bits per heavy atom. The van der Waals surface area contributed by atoms with Crippen LogP contribution in [0.2, 0.25) is 0 Å². The summed E-state index contributed by atoms with van der Waals surface area (Å²) in [6.45, 7) is 11.8. The number of nitrogens with one attached hydrogen (secondary N) is 1. The van der Waals surface area contributed by atoms with Gasteiger partial charge in [0.25, 0.3) is 0 Å². The van der Waals surface area contributed by atoms with Crippen LogP contribution in [-0.4, -0.2) is 13.1 Å². The van der Waals surface area contributed by atoms with Crippen molar-refractivity contribution in [1.29, 1.82) is 0 Å². The van der Waals surface area contributed by atoms with E-state index in [9.17, 15) is 0 Å². The van der Waals surface area contributed by atoms with Crippen LogP contribution in [0.3, 0.4) is 0 Å². The van der Waals surface area contributed by atoms with Gasteiger partial charge in [-0.3, -0.25) is 0 Å². The zero-order valence-corrected chi connectivity index (χ0v) is 11.1. The van der Waals surface area contributed by atoms with Gasteiger partial charge in [-0.25, -0.2) is 0 Å². The molecule has 0 aliphatic heterocycles. The van der Waals surface area contributed by atoms with Crippen LogP contribution in [0.4, 0.5) is 0 Å². The number of hydrogen-bond donors (Lipinski definition) is 1. The average molecular weight is 211 g/mol. The fourth-order valence-corrected chi connectivity index (χ4v) is 2.82. The minimum atomic E-state index is 0.604. The van der Waals surface area contributed by atoms with E-state index in [-0.39, 0.29) is 0 Å². The van der Waals surface area contributed by atoms with Crippen LogP contribution in [0.25, 0.3) is 0 Å². The van der Waals surface area contributed by atoms with Crippen molar-refractivity contribution in [3.8, 4) is 0 Å². The van der Waals surface area contributed by atoms with Gasteiger partial charge in [0.05, 0.1) is 0 Å². The first-order valence-corrected chi connectivity index (χ1v) is 6.77. The van der Waals surface area contributed by atoms with Gasteiger partial charge in [0.1, 0.15) is 0 Å². The maximum Gasteiger partial charge on any atom is 0.00104 e. The first-order valence-electron chi connectivity index (χ1n) is 6.77. The lowest BCUT2D eigenvalue weighted by Gasteiger charge is -2.41. The summed E-state index contributed by atoms with van der Waals surface area (Å²) < 4.78 is 0. The van der Waals surface area contributed by atoms with Gasteiger partial charge in [0, 0.05) is 6.54 Å². The fourth-order valence-electron chi connectivity index (χ4n) is 2.82. The van der Waals surface area contributed by atoms with Crippen LogP contribution in [0, 0.1) is 17.3 Å². The van der Waals surface area contributed by atoms with Gasteiger partial charge in [-0.1, -0.05) is 47.0 Å². The molecule has 1 aliphatic carbocycles. The van der Waals surface area contributed by atoms with Crippen molar-refractivity contribution in [3.05, 3.63) is 0 Å². The summed E-state index contributed by atoms with van der Waals surface area (Å²) in [6.07, 6.45) is 7.23. The summed E-state index contributed by atoms with van der Waals surface area (Å²) >= 11 is 0. The van der Waals surface area contributed by atoms with Crippen LogP contribution in [0.5, 0.6) is 0 Å². The molecule has 0 aromatic heterocycles. The number of hydrogen-bond acceptors (Lipinski definition) is 1. The Morgan fingerprint density at radius 2 is 1.60 bits per heavy atom. The molecule has 1 heteroatoms. The molecule has 0 unspecified atom stereocenters. The van der Waals surface area contributed by atoms with Gasteiger partial charge in [0.15, 0.2) is 0 Å². The summed E-state index contributed by atoms with van der Waals surface area (Å²) in [5.41, 5.74) is 0.604. The fraction of sp³-hybridized carbons (Fsp3) is 1.00. The molecule has 1 saturated carbocycles. The molecule has 1 nitrogen and oxygen atoms in total. The molecule has 0 heterocycles. The minimum Gasteiger partial charge on any atom is -0.316 e. The third-order valence-electron chi connectivity index (χ3n) is 4.10. The van der Waals surface area contributed by atoms with Crippen LogP contribution < -0.4 is 5.32 Å². The molecule has 0 aromatic carbocycles. The van der Waals surface area contributed by atoms with E-state index in [0.29, 0.717) is 5.41 Å². The van der Waals surface area contributed by atoms with Gasteiger partial charge in [-0.05, 0) is 36.6 Å². The molecule has 15 heavy (non-hydrogen) atoms. The molecule has 0 spiro atoms. The van der Waals surface area contributed by atoms with E-state index >= 15 is 0 Å². The Balaban J connectivity index is 2.42. The van der Waals surface area contributed by atoms with E-state index in [1.165, 1.54) is 45.2 Å². The van der Waals surface area contributed by atoms with Crippen molar-refractivity contribution in [3.63, 3.8) is 0 Å². The van der Waals surface area contributed by atoms with E-state index in [0.717, 1.165) is 11.8 Å². The molecule has 0 atom stereocenters.